The lowest BCUT2D eigenvalue weighted by molar-refractivity contribution is 0.318. The van der Waals surface area contributed by atoms with Crippen LogP contribution in [0.2, 0.25) is 0 Å². The van der Waals surface area contributed by atoms with Crippen molar-refractivity contribution in [3.8, 4) is 11.5 Å². The van der Waals surface area contributed by atoms with Crippen molar-refractivity contribution < 1.29 is 15.4 Å². The number of benzene rings is 1. The molecule has 0 aromatic heterocycles. The molecule has 0 unspecified atom stereocenters. The van der Waals surface area contributed by atoms with Gasteiger partial charge >= 0.3 is 0 Å². The molecule has 0 saturated carbocycles. The van der Waals surface area contributed by atoms with Gasteiger partial charge in [-0.1, -0.05) is 18.5 Å². The molecule has 82 valence electrons. The molecule has 4 heteroatoms. The summed E-state index contributed by atoms with van der Waals surface area (Å²) >= 11 is 0. The fourth-order valence-electron chi connectivity index (χ4n) is 1.47. The van der Waals surface area contributed by atoms with Gasteiger partial charge in [-0.05, 0) is 25.5 Å². The highest BCUT2D eigenvalue weighted by Gasteiger charge is 2.13. The Morgan fingerprint density at radius 2 is 2.00 bits per heavy atom. The van der Waals surface area contributed by atoms with Crippen LogP contribution in [0.3, 0.4) is 0 Å². The Kier molecular flexibility index (Phi) is 3.55. The Balaban J connectivity index is 3.28. The number of nitrogens with zero attached hydrogens (tertiary/aromatic N) is 1. The van der Waals surface area contributed by atoms with Crippen molar-refractivity contribution in [2.45, 2.75) is 26.7 Å². The molecule has 0 fully saturated rings. The van der Waals surface area contributed by atoms with Gasteiger partial charge in [0.05, 0.1) is 5.71 Å². The van der Waals surface area contributed by atoms with Gasteiger partial charge in [0.25, 0.3) is 0 Å². The maximum absolute atomic E-state index is 9.85. The number of oxime groups is 1. The van der Waals surface area contributed by atoms with E-state index in [0.29, 0.717) is 23.3 Å². The maximum atomic E-state index is 9.85. The zero-order chi connectivity index (χ0) is 11.4. The SMILES string of the molecule is CCCc1c(O)ccc(/C(C)=N/O)c1O. The quantitative estimate of drug-likeness (QED) is 0.406. The van der Waals surface area contributed by atoms with Crippen LogP contribution >= 0.6 is 0 Å². The highest BCUT2D eigenvalue weighted by Crippen LogP contribution is 2.31. The topological polar surface area (TPSA) is 73.1 Å². The zero-order valence-electron chi connectivity index (χ0n) is 8.86. The van der Waals surface area contributed by atoms with E-state index in [9.17, 15) is 10.2 Å². The van der Waals surface area contributed by atoms with Crippen LogP contribution in [0.1, 0.15) is 31.4 Å². The van der Waals surface area contributed by atoms with Crippen LogP contribution in [0.25, 0.3) is 0 Å². The van der Waals surface area contributed by atoms with Crippen LogP contribution in [0.5, 0.6) is 11.5 Å². The summed E-state index contributed by atoms with van der Waals surface area (Å²) in [6.07, 6.45) is 1.41. The molecule has 0 saturated heterocycles. The van der Waals surface area contributed by atoms with Gasteiger partial charge in [-0.25, -0.2) is 0 Å². The highest BCUT2D eigenvalue weighted by atomic mass is 16.4. The second kappa shape index (κ2) is 4.68. The Morgan fingerprint density at radius 3 is 2.53 bits per heavy atom. The van der Waals surface area contributed by atoms with Crippen LogP contribution < -0.4 is 0 Å². The lowest BCUT2D eigenvalue weighted by Crippen LogP contribution is -1.98. The number of phenols is 2. The third-order valence-electron chi connectivity index (χ3n) is 2.30. The normalized spacial score (nSPS) is 11.7. The van der Waals surface area contributed by atoms with E-state index in [1.807, 2.05) is 6.92 Å². The first-order valence-electron chi connectivity index (χ1n) is 4.84. The van der Waals surface area contributed by atoms with E-state index < -0.39 is 0 Å². The minimum atomic E-state index is -0.00727. The fraction of sp³-hybridized carbons (Fsp3) is 0.364. The Hall–Kier alpha value is -1.71. The summed E-state index contributed by atoms with van der Waals surface area (Å²) in [4.78, 5) is 0. The van der Waals surface area contributed by atoms with Crippen LogP contribution in [-0.2, 0) is 6.42 Å². The molecule has 15 heavy (non-hydrogen) atoms. The minimum Gasteiger partial charge on any atom is -0.508 e. The summed E-state index contributed by atoms with van der Waals surface area (Å²) in [5.74, 6) is 0.0657. The molecule has 1 aromatic carbocycles. The van der Waals surface area contributed by atoms with E-state index >= 15 is 0 Å². The summed E-state index contributed by atoms with van der Waals surface area (Å²) in [6, 6.07) is 3.02. The van der Waals surface area contributed by atoms with Gasteiger partial charge in [0.1, 0.15) is 11.5 Å². The van der Waals surface area contributed by atoms with Crippen molar-refractivity contribution in [3.63, 3.8) is 0 Å². The molecular formula is C11H15NO3. The molecule has 0 heterocycles. The lowest BCUT2D eigenvalue weighted by Gasteiger charge is -2.10. The second-order valence-electron chi connectivity index (χ2n) is 3.39. The first-order valence-corrected chi connectivity index (χ1v) is 4.84. The molecule has 0 amide bonds. The first kappa shape index (κ1) is 11.4. The van der Waals surface area contributed by atoms with E-state index in [-0.39, 0.29) is 11.5 Å². The van der Waals surface area contributed by atoms with E-state index in [1.54, 1.807) is 6.92 Å². The van der Waals surface area contributed by atoms with Crippen molar-refractivity contribution in [3.05, 3.63) is 23.3 Å². The predicted octanol–water partition coefficient (Wildman–Crippen LogP) is 2.25. The summed E-state index contributed by atoms with van der Waals surface area (Å²) in [7, 11) is 0. The van der Waals surface area contributed by atoms with Crippen molar-refractivity contribution >= 4 is 5.71 Å². The van der Waals surface area contributed by atoms with Gasteiger partial charge < -0.3 is 15.4 Å². The molecule has 0 bridgehead atoms. The van der Waals surface area contributed by atoms with E-state index in [2.05, 4.69) is 5.16 Å². The van der Waals surface area contributed by atoms with Gasteiger partial charge in [-0.15, -0.1) is 0 Å². The standard InChI is InChI=1S/C11H15NO3/c1-3-4-9-10(13)6-5-8(11(9)14)7(2)12-15/h5-6,13-15H,3-4H2,1-2H3/b12-7+. The fourth-order valence-corrected chi connectivity index (χ4v) is 1.47. The third-order valence-corrected chi connectivity index (χ3v) is 2.30. The molecule has 0 aliphatic carbocycles. The van der Waals surface area contributed by atoms with Gasteiger partial charge in [0.15, 0.2) is 0 Å². The molecule has 0 aliphatic rings. The lowest BCUT2D eigenvalue weighted by atomic mass is 10.0. The predicted molar refractivity (Wildman–Crippen MR) is 57.8 cm³/mol. The largest absolute Gasteiger partial charge is 0.508 e. The van der Waals surface area contributed by atoms with Crippen LogP contribution in [0, 0.1) is 0 Å². The van der Waals surface area contributed by atoms with Crippen LogP contribution in [-0.4, -0.2) is 21.1 Å². The second-order valence-corrected chi connectivity index (χ2v) is 3.39. The maximum Gasteiger partial charge on any atom is 0.131 e. The Labute approximate surface area is 88.5 Å². The smallest absolute Gasteiger partial charge is 0.131 e. The first-order chi connectivity index (χ1) is 7.11. The zero-order valence-corrected chi connectivity index (χ0v) is 8.86. The monoisotopic (exact) mass is 209 g/mol. The average Bonchev–Trinajstić information content (AvgIpc) is 2.23. The van der Waals surface area contributed by atoms with Gasteiger partial charge in [0.2, 0.25) is 0 Å². The van der Waals surface area contributed by atoms with E-state index in [4.69, 9.17) is 5.21 Å². The Bertz CT molecular complexity index is 386. The van der Waals surface area contributed by atoms with Gasteiger partial charge in [-0.3, -0.25) is 0 Å². The molecule has 3 N–H and O–H groups in total. The number of phenolic OH excluding ortho intramolecular Hbond substituents is 2. The summed E-state index contributed by atoms with van der Waals surface area (Å²) in [5.41, 5.74) is 1.27. The number of aromatic hydroxyl groups is 2. The van der Waals surface area contributed by atoms with Gasteiger partial charge in [-0.2, -0.15) is 0 Å². The Morgan fingerprint density at radius 1 is 1.33 bits per heavy atom. The van der Waals surface area contributed by atoms with Gasteiger partial charge in [0, 0.05) is 11.1 Å². The molecule has 0 atom stereocenters. The number of rotatable bonds is 3. The average molecular weight is 209 g/mol. The molecule has 1 rings (SSSR count). The summed E-state index contributed by atoms with van der Waals surface area (Å²) in [5, 5.41) is 31.0. The third kappa shape index (κ3) is 2.21. The van der Waals surface area contributed by atoms with E-state index in [0.717, 1.165) is 6.42 Å². The molecule has 4 nitrogen and oxygen atoms in total. The highest BCUT2D eigenvalue weighted by molar-refractivity contribution is 6.01. The molecule has 0 radical (unpaired) electrons. The van der Waals surface area contributed by atoms with Crippen LogP contribution in [0.4, 0.5) is 0 Å². The summed E-state index contributed by atoms with van der Waals surface area (Å²) < 4.78 is 0. The molecule has 1 aromatic rings. The molecular weight excluding hydrogens is 194 g/mol. The van der Waals surface area contributed by atoms with Crippen molar-refractivity contribution in [2.75, 3.05) is 0 Å². The van der Waals surface area contributed by atoms with Crippen molar-refractivity contribution in [2.24, 2.45) is 5.16 Å². The minimum absolute atomic E-state index is 0.00727. The summed E-state index contributed by atoms with van der Waals surface area (Å²) in [6.45, 7) is 3.54. The number of hydrogen-bond acceptors (Lipinski definition) is 4. The number of hydrogen-bond donors (Lipinski definition) is 3. The molecule has 0 spiro atoms. The van der Waals surface area contributed by atoms with Crippen molar-refractivity contribution in [1.82, 2.24) is 0 Å². The van der Waals surface area contributed by atoms with Crippen molar-refractivity contribution in [1.29, 1.82) is 0 Å². The molecule has 0 aliphatic heterocycles. The van der Waals surface area contributed by atoms with Crippen LogP contribution in [0.15, 0.2) is 17.3 Å². The van der Waals surface area contributed by atoms with E-state index in [1.165, 1.54) is 12.1 Å².